The van der Waals surface area contributed by atoms with Gasteiger partial charge in [0.2, 0.25) is 0 Å². The predicted octanol–water partition coefficient (Wildman–Crippen LogP) is 2.95. The molecule has 0 bridgehead atoms. The maximum atomic E-state index is 12.1. The third-order valence-corrected chi connectivity index (χ3v) is 3.12. The molecule has 0 saturated carbocycles. The third-order valence-electron chi connectivity index (χ3n) is 3.12. The van der Waals surface area contributed by atoms with E-state index in [9.17, 15) is 9.59 Å². The summed E-state index contributed by atoms with van der Waals surface area (Å²) in [6.07, 6.45) is -0.0394. The van der Waals surface area contributed by atoms with Gasteiger partial charge >= 0.3 is 12.1 Å². The predicted molar refractivity (Wildman–Crippen MR) is 86.9 cm³/mol. The van der Waals surface area contributed by atoms with E-state index in [1.165, 1.54) is 6.07 Å². The van der Waals surface area contributed by atoms with Crippen molar-refractivity contribution in [3.05, 3.63) is 29.8 Å². The highest BCUT2D eigenvalue weighted by atomic mass is 16.7. The van der Waals surface area contributed by atoms with Gasteiger partial charge in [-0.2, -0.15) is 0 Å². The molecule has 1 aliphatic rings. The number of rotatable bonds is 4. The monoisotopic (exact) mass is 337 g/mol. The number of hydrogen-bond donors (Lipinski definition) is 1. The summed E-state index contributed by atoms with van der Waals surface area (Å²) >= 11 is 0. The average Bonchev–Trinajstić information content (AvgIpc) is 2.52. The van der Waals surface area contributed by atoms with E-state index in [0.717, 1.165) is 0 Å². The Balaban J connectivity index is 1.88. The Kier molecular flexibility index (Phi) is 6.16. The Hall–Kier alpha value is -2.12. The summed E-state index contributed by atoms with van der Waals surface area (Å²) in [5.41, 5.74) is 0.210. The molecule has 1 fully saturated rings. The molecule has 24 heavy (non-hydrogen) atoms. The normalized spacial score (nSPS) is 17.9. The van der Waals surface area contributed by atoms with Gasteiger partial charge in [-0.3, -0.25) is 5.32 Å². The van der Waals surface area contributed by atoms with Gasteiger partial charge in [0, 0.05) is 12.1 Å². The van der Waals surface area contributed by atoms with E-state index >= 15 is 0 Å². The number of carbonyl (C=O) groups excluding carboxylic acids is 2. The molecule has 1 saturated heterocycles. The van der Waals surface area contributed by atoms with Crippen molar-refractivity contribution in [2.45, 2.75) is 38.9 Å². The minimum absolute atomic E-state index is 0.147. The molecule has 1 amide bonds. The van der Waals surface area contributed by atoms with Gasteiger partial charge in [-0.05, 0) is 39.0 Å². The zero-order valence-electron chi connectivity index (χ0n) is 14.2. The Morgan fingerprint density at radius 2 is 2.12 bits per heavy atom. The average molecular weight is 337 g/mol. The minimum Gasteiger partial charge on any atom is -0.459 e. The van der Waals surface area contributed by atoms with Crippen LogP contribution in [0.2, 0.25) is 0 Å². The quantitative estimate of drug-likeness (QED) is 0.851. The molecule has 7 heteroatoms. The fraction of sp³-hybridized carbons (Fsp3) is 0.529. The van der Waals surface area contributed by atoms with E-state index in [1.807, 2.05) is 0 Å². The lowest BCUT2D eigenvalue weighted by Crippen LogP contribution is -2.29. The molecule has 1 aromatic carbocycles. The number of carbonyl (C=O) groups is 2. The molecule has 1 aliphatic heterocycles. The molecular weight excluding hydrogens is 314 g/mol. The molecule has 0 aromatic heterocycles. The standard InChI is InChI=1S/C17H23NO6/c1-17(2,3)24-16(20)18-13-6-4-5-12(9-13)15(19)22-10-14-7-8-21-11-23-14/h4-6,9,14H,7-8,10-11H2,1-3H3,(H,18,20)/t14-/m0/s1. The van der Waals surface area contributed by atoms with Crippen LogP contribution in [0.3, 0.4) is 0 Å². The zero-order chi connectivity index (χ0) is 17.6. The molecular formula is C17H23NO6. The first-order valence-corrected chi connectivity index (χ1v) is 7.80. The topological polar surface area (TPSA) is 83.1 Å². The second kappa shape index (κ2) is 8.12. The van der Waals surface area contributed by atoms with Gasteiger partial charge in [0.05, 0.1) is 18.3 Å². The number of anilines is 1. The molecule has 0 radical (unpaired) electrons. The van der Waals surface area contributed by atoms with E-state index in [0.29, 0.717) is 24.3 Å². The van der Waals surface area contributed by atoms with Crippen LogP contribution < -0.4 is 5.32 Å². The highest BCUT2D eigenvalue weighted by Gasteiger charge is 2.18. The van der Waals surface area contributed by atoms with Crippen LogP contribution in [0.15, 0.2) is 24.3 Å². The first-order chi connectivity index (χ1) is 11.3. The van der Waals surface area contributed by atoms with Crippen LogP contribution in [-0.2, 0) is 18.9 Å². The van der Waals surface area contributed by atoms with Crippen molar-refractivity contribution >= 4 is 17.7 Å². The maximum Gasteiger partial charge on any atom is 0.412 e. The molecule has 0 spiro atoms. The first kappa shape index (κ1) is 18.2. The maximum absolute atomic E-state index is 12.1. The summed E-state index contributed by atoms with van der Waals surface area (Å²) in [5.74, 6) is -0.474. The van der Waals surface area contributed by atoms with E-state index in [1.54, 1.807) is 39.0 Å². The van der Waals surface area contributed by atoms with E-state index < -0.39 is 17.7 Å². The Morgan fingerprint density at radius 3 is 2.79 bits per heavy atom. The minimum atomic E-state index is -0.593. The van der Waals surface area contributed by atoms with Crippen LogP contribution in [0.25, 0.3) is 0 Å². The number of nitrogens with one attached hydrogen (secondary N) is 1. The van der Waals surface area contributed by atoms with E-state index in [-0.39, 0.29) is 19.5 Å². The van der Waals surface area contributed by atoms with Crippen molar-refractivity contribution in [2.75, 3.05) is 25.3 Å². The number of ether oxygens (including phenoxy) is 4. The lowest BCUT2D eigenvalue weighted by atomic mass is 10.2. The zero-order valence-corrected chi connectivity index (χ0v) is 14.2. The summed E-state index contributed by atoms with van der Waals surface area (Å²) < 4.78 is 20.8. The molecule has 7 nitrogen and oxygen atoms in total. The second-order valence-corrected chi connectivity index (χ2v) is 6.41. The number of benzene rings is 1. The van der Waals surface area contributed by atoms with Crippen molar-refractivity contribution in [2.24, 2.45) is 0 Å². The van der Waals surface area contributed by atoms with Crippen molar-refractivity contribution in [3.8, 4) is 0 Å². The fourth-order valence-corrected chi connectivity index (χ4v) is 2.03. The van der Waals surface area contributed by atoms with Crippen LogP contribution in [0.5, 0.6) is 0 Å². The summed E-state index contributed by atoms with van der Waals surface area (Å²) in [6, 6.07) is 6.49. The summed E-state index contributed by atoms with van der Waals surface area (Å²) in [4.78, 5) is 23.9. The molecule has 0 unspecified atom stereocenters. The van der Waals surface area contributed by atoms with E-state index in [4.69, 9.17) is 18.9 Å². The van der Waals surface area contributed by atoms with Gasteiger partial charge in [0.15, 0.2) is 0 Å². The molecule has 0 aliphatic carbocycles. The summed E-state index contributed by atoms with van der Waals surface area (Å²) in [6.45, 7) is 6.32. The van der Waals surface area contributed by atoms with Gasteiger partial charge in [-0.15, -0.1) is 0 Å². The number of hydrogen-bond acceptors (Lipinski definition) is 6. The Bertz CT molecular complexity index is 575. The summed E-state index contributed by atoms with van der Waals surface area (Å²) in [7, 11) is 0. The van der Waals surface area contributed by atoms with Gasteiger partial charge in [-0.1, -0.05) is 6.07 Å². The van der Waals surface area contributed by atoms with Crippen LogP contribution in [0.1, 0.15) is 37.6 Å². The first-order valence-electron chi connectivity index (χ1n) is 7.80. The largest absolute Gasteiger partial charge is 0.459 e. The molecule has 1 atom stereocenters. The van der Waals surface area contributed by atoms with Crippen LogP contribution in [0, 0.1) is 0 Å². The molecule has 1 N–H and O–H groups in total. The smallest absolute Gasteiger partial charge is 0.412 e. The SMILES string of the molecule is CC(C)(C)OC(=O)Nc1cccc(C(=O)OC[C@@H]2CCOCO2)c1. The van der Waals surface area contributed by atoms with Crippen molar-refractivity contribution in [1.82, 2.24) is 0 Å². The fourth-order valence-electron chi connectivity index (χ4n) is 2.03. The highest BCUT2D eigenvalue weighted by molar-refractivity contribution is 5.92. The number of amides is 1. The van der Waals surface area contributed by atoms with Crippen molar-refractivity contribution in [3.63, 3.8) is 0 Å². The molecule has 132 valence electrons. The Morgan fingerprint density at radius 1 is 1.33 bits per heavy atom. The Labute approximate surface area is 141 Å². The molecule has 2 rings (SSSR count). The summed E-state index contributed by atoms with van der Waals surface area (Å²) in [5, 5.41) is 2.59. The number of esters is 1. The van der Waals surface area contributed by atoms with Gasteiger partial charge in [-0.25, -0.2) is 9.59 Å². The third kappa shape index (κ3) is 6.17. The van der Waals surface area contributed by atoms with E-state index in [2.05, 4.69) is 5.32 Å². The molecule has 1 heterocycles. The van der Waals surface area contributed by atoms with Crippen molar-refractivity contribution in [1.29, 1.82) is 0 Å². The lowest BCUT2D eigenvalue weighted by molar-refractivity contribution is -0.150. The van der Waals surface area contributed by atoms with Crippen LogP contribution in [0.4, 0.5) is 10.5 Å². The lowest BCUT2D eigenvalue weighted by Gasteiger charge is -2.22. The van der Waals surface area contributed by atoms with Gasteiger partial charge in [0.25, 0.3) is 0 Å². The van der Waals surface area contributed by atoms with Crippen molar-refractivity contribution < 1.29 is 28.5 Å². The van der Waals surface area contributed by atoms with Crippen LogP contribution >= 0.6 is 0 Å². The second-order valence-electron chi connectivity index (χ2n) is 6.41. The van der Waals surface area contributed by atoms with Gasteiger partial charge in [0.1, 0.15) is 19.0 Å². The highest BCUT2D eigenvalue weighted by Crippen LogP contribution is 2.15. The van der Waals surface area contributed by atoms with Crippen LogP contribution in [-0.4, -0.2) is 43.8 Å². The molecule has 1 aromatic rings. The van der Waals surface area contributed by atoms with Gasteiger partial charge < -0.3 is 18.9 Å².